The minimum absolute atomic E-state index is 0.0997. The minimum Gasteiger partial charge on any atom is -0.370 e. The van der Waals surface area contributed by atoms with E-state index in [-0.39, 0.29) is 11.5 Å². The lowest BCUT2D eigenvalue weighted by Gasteiger charge is -2.32. The molecule has 0 aromatic carbocycles. The highest BCUT2D eigenvalue weighted by Crippen LogP contribution is 2.40. The van der Waals surface area contributed by atoms with Crippen LogP contribution in [0.4, 0.5) is 13.2 Å². The maximum absolute atomic E-state index is 13.2. The van der Waals surface area contributed by atoms with E-state index in [9.17, 15) is 13.2 Å². The topological polar surface area (TPSA) is 105 Å². The summed E-state index contributed by atoms with van der Waals surface area (Å²) in [5, 5.41) is 2.87. The molecule has 3 heterocycles. The molecule has 0 spiro atoms. The molecule has 1 aliphatic heterocycles. The first-order chi connectivity index (χ1) is 9.80. The lowest BCUT2D eigenvalue weighted by atomic mass is 9.92. The number of aromatic nitrogens is 2. The SMILES string of the molecule is NC1=NC(N)(c2cnc3[nH]ccc3c2)C(C(F)(F)F)=CN1. The Morgan fingerprint density at radius 2 is 2.05 bits per heavy atom. The number of nitrogens with two attached hydrogens (primary N) is 2. The summed E-state index contributed by atoms with van der Waals surface area (Å²) in [6.07, 6.45) is -1.05. The van der Waals surface area contributed by atoms with Crippen LogP contribution in [0.1, 0.15) is 5.56 Å². The van der Waals surface area contributed by atoms with Crippen molar-refractivity contribution in [3.63, 3.8) is 0 Å². The molecule has 21 heavy (non-hydrogen) atoms. The van der Waals surface area contributed by atoms with Crippen molar-refractivity contribution in [3.8, 4) is 0 Å². The Labute approximate surface area is 116 Å². The van der Waals surface area contributed by atoms with Gasteiger partial charge in [0.15, 0.2) is 11.6 Å². The lowest BCUT2D eigenvalue weighted by molar-refractivity contribution is -0.102. The zero-order valence-corrected chi connectivity index (χ0v) is 10.6. The van der Waals surface area contributed by atoms with Crippen LogP contribution < -0.4 is 16.8 Å². The van der Waals surface area contributed by atoms with Crippen LogP contribution in [0.3, 0.4) is 0 Å². The average molecular weight is 296 g/mol. The molecular weight excluding hydrogens is 285 g/mol. The molecule has 2 aromatic rings. The molecule has 0 saturated carbocycles. The van der Waals surface area contributed by atoms with Gasteiger partial charge in [-0.2, -0.15) is 13.2 Å². The number of fused-ring (bicyclic) bond motifs is 1. The molecule has 1 atom stereocenters. The Kier molecular flexibility index (Phi) is 2.70. The van der Waals surface area contributed by atoms with E-state index in [1.165, 1.54) is 12.3 Å². The summed E-state index contributed by atoms with van der Waals surface area (Å²) < 4.78 is 39.5. The fourth-order valence-corrected chi connectivity index (χ4v) is 2.20. The fraction of sp³-hybridized carbons (Fsp3) is 0.167. The smallest absolute Gasteiger partial charge is 0.370 e. The Balaban J connectivity index is 2.19. The number of H-pyrrole nitrogens is 1. The number of nitrogens with zero attached hydrogens (tertiary/aromatic N) is 2. The summed E-state index contributed by atoms with van der Waals surface area (Å²) in [6.45, 7) is 0. The standard InChI is InChI=1S/C12H11F3N6/c13-12(14,15)8-5-20-10(16)21-11(8,17)7-3-6-1-2-18-9(6)19-4-7/h1-5H,17H2,(H,18,19)(H3,16,20,21). The van der Waals surface area contributed by atoms with Crippen LogP contribution in [0, 0.1) is 0 Å². The van der Waals surface area contributed by atoms with Gasteiger partial charge in [0.2, 0.25) is 0 Å². The summed E-state index contributed by atoms with van der Waals surface area (Å²) in [4.78, 5) is 10.6. The maximum Gasteiger partial charge on any atom is 0.418 e. The van der Waals surface area contributed by atoms with Gasteiger partial charge in [-0.05, 0) is 12.1 Å². The maximum atomic E-state index is 13.2. The molecule has 6 nitrogen and oxygen atoms in total. The van der Waals surface area contributed by atoms with Gasteiger partial charge in [0.05, 0.1) is 5.57 Å². The Morgan fingerprint density at radius 3 is 2.76 bits per heavy atom. The van der Waals surface area contributed by atoms with Crippen molar-refractivity contribution in [2.24, 2.45) is 16.5 Å². The Hall–Kier alpha value is -2.55. The van der Waals surface area contributed by atoms with E-state index in [4.69, 9.17) is 11.5 Å². The third-order valence-electron chi connectivity index (χ3n) is 3.22. The van der Waals surface area contributed by atoms with E-state index in [1.807, 2.05) is 0 Å². The number of aromatic amines is 1. The molecule has 9 heteroatoms. The number of alkyl halides is 3. The molecule has 110 valence electrons. The second-order valence-corrected chi connectivity index (χ2v) is 4.60. The van der Waals surface area contributed by atoms with Gasteiger partial charge >= 0.3 is 6.18 Å². The van der Waals surface area contributed by atoms with Gasteiger partial charge in [-0.15, -0.1) is 0 Å². The van der Waals surface area contributed by atoms with Crippen molar-refractivity contribution in [1.82, 2.24) is 15.3 Å². The van der Waals surface area contributed by atoms with E-state index in [0.717, 1.165) is 6.20 Å². The number of hydrogen-bond donors (Lipinski definition) is 4. The van der Waals surface area contributed by atoms with Crippen molar-refractivity contribution in [2.75, 3.05) is 0 Å². The number of guanidine groups is 1. The highest BCUT2D eigenvalue weighted by atomic mass is 19.4. The van der Waals surface area contributed by atoms with Crippen molar-refractivity contribution in [1.29, 1.82) is 0 Å². The fourth-order valence-electron chi connectivity index (χ4n) is 2.20. The normalized spacial score (nSPS) is 22.7. The molecule has 0 bridgehead atoms. The summed E-state index contributed by atoms with van der Waals surface area (Å²) >= 11 is 0. The average Bonchev–Trinajstić information content (AvgIpc) is 2.83. The van der Waals surface area contributed by atoms with Gasteiger partial charge in [-0.1, -0.05) is 0 Å². The number of nitrogens with one attached hydrogen (secondary N) is 2. The molecule has 3 rings (SSSR count). The van der Waals surface area contributed by atoms with Crippen molar-refractivity contribution in [3.05, 3.63) is 41.9 Å². The van der Waals surface area contributed by atoms with Gasteiger partial charge in [0.25, 0.3) is 0 Å². The predicted molar refractivity (Wildman–Crippen MR) is 70.9 cm³/mol. The number of hydrogen-bond acceptors (Lipinski definition) is 5. The molecule has 1 unspecified atom stereocenters. The van der Waals surface area contributed by atoms with Gasteiger partial charge in [-0.25, -0.2) is 9.98 Å². The van der Waals surface area contributed by atoms with Gasteiger partial charge in [-0.3, -0.25) is 5.73 Å². The number of pyridine rings is 1. The molecule has 6 N–H and O–H groups in total. The number of halogens is 3. The second kappa shape index (κ2) is 4.22. The van der Waals surface area contributed by atoms with Crippen LogP contribution >= 0.6 is 0 Å². The van der Waals surface area contributed by atoms with Crippen LogP contribution in [0.15, 0.2) is 41.3 Å². The minimum atomic E-state index is -4.65. The Bertz CT molecular complexity index is 760. The summed E-state index contributed by atoms with van der Waals surface area (Å²) in [6, 6.07) is 3.18. The Morgan fingerprint density at radius 1 is 1.29 bits per heavy atom. The molecule has 0 fully saturated rings. The van der Waals surface area contributed by atoms with Crippen molar-refractivity contribution in [2.45, 2.75) is 11.8 Å². The third kappa shape index (κ3) is 2.11. The summed E-state index contributed by atoms with van der Waals surface area (Å²) in [5.41, 5.74) is 8.85. The molecule has 1 aliphatic rings. The summed E-state index contributed by atoms with van der Waals surface area (Å²) in [5.74, 6) is -0.195. The number of rotatable bonds is 1. The lowest BCUT2D eigenvalue weighted by Crippen LogP contribution is -2.49. The molecule has 0 radical (unpaired) electrons. The third-order valence-corrected chi connectivity index (χ3v) is 3.22. The van der Waals surface area contributed by atoms with E-state index < -0.39 is 17.4 Å². The van der Waals surface area contributed by atoms with Crippen LogP contribution in [0.25, 0.3) is 11.0 Å². The second-order valence-electron chi connectivity index (χ2n) is 4.60. The quantitative estimate of drug-likeness (QED) is 0.631. The largest absolute Gasteiger partial charge is 0.418 e. The highest BCUT2D eigenvalue weighted by Gasteiger charge is 2.49. The molecule has 0 amide bonds. The molecular formula is C12H11F3N6. The van der Waals surface area contributed by atoms with Gasteiger partial charge in [0.1, 0.15) is 5.65 Å². The first kappa shape index (κ1) is 13.4. The summed E-state index contributed by atoms with van der Waals surface area (Å²) in [7, 11) is 0. The first-order valence-electron chi connectivity index (χ1n) is 5.93. The van der Waals surface area contributed by atoms with Gasteiger partial charge < -0.3 is 16.0 Å². The van der Waals surface area contributed by atoms with Crippen LogP contribution in [0.2, 0.25) is 0 Å². The van der Waals surface area contributed by atoms with Gasteiger partial charge in [0, 0.05) is 29.5 Å². The van der Waals surface area contributed by atoms with E-state index in [0.29, 0.717) is 11.0 Å². The monoisotopic (exact) mass is 296 g/mol. The zero-order valence-electron chi connectivity index (χ0n) is 10.6. The van der Waals surface area contributed by atoms with E-state index >= 15 is 0 Å². The van der Waals surface area contributed by atoms with Crippen LogP contribution in [-0.2, 0) is 5.66 Å². The predicted octanol–water partition coefficient (Wildman–Crippen LogP) is 1.04. The number of aliphatic imine (C=N–C) groups is 1. The van der Waals surface area contributed by atoms with Crippen LogP contribution in [-0.4, -0.2) is 22.1 Å². The molecule has 0 saturated heterocycles. The van der Waals surface area contributed by atoms with Crippen molar-refractivity contribution < 1.29 is 13.2 Å². The van der Waals surface area contributed by atoms with Crippen molar-refractivity contribution >= 4 is 17.0 Å². The first-order valence-corrected chi connectivity index (χ1v) is 5.93. The molecule has 0 aliphatic carbocycles. The van der Waals surface area contributed by atoms with E-state index in [2.05, 4.69) is 20.3 Å². The highest BCUT2D eigenvalue weighted by molar-refractivity contribution is 5.82. The van der Waals surface area contributed by atoms with E-state index in [1.54, 1.807) is 12.3 Å². The van der Waals surface area contributed by atoms with Crippen LogP contribution in [0.5, 0.6) is 0 Å². The molecule has 2 aromatic heterocycles. The zero-order chi connectivity index (χ0) is 15.3.